The molecule has 5 unspecified atom stereocenters. The molecule has 3 saturated carbocycles. The van der Waals surface area contributed by atoms with Crippen molar-refractivity contribution in [2.24, 2.45) is 52.3 Å². The lowest BCUT2D eigenvalue weighted by molar-refractivity contribution is -0.0860. The molecular formula is C28H48O. The summed E-state index contributed by atoms with van der Waals surface area (Å²) in [7, 11) is 0. The molecule has 0 aromatic carbocycles. The fourth-order valence-electron chi connectivity index (χ4n) is 8.52. The molecule has 0 heterocycles. The van der Waals surface area contributed by atoms with Gasteiger partial charge in [-0.15, -0.1) is 0 Å². The Bertz CT molecular complexity index is 620. The molecule has 166 valence electrons. The molecule has 0 aromatic rings. The predicted molar refractivity (Wildman–Crippen MR) is 124 cm³/mol. The molecule has 9 atom stereocenters. The summed E-state index contributed by atoms with van der Waals surface area (Å²) in [6, 6.07) is 0. The molecule has 0 spiro atoms. The minimum absolute atomic E-state index is 0.0253. The van der Waals surface area contributed by atoms with Gasteiger partial charge in [-0.2, -0.15) is 0 Å². The molecule has 0 saturated heterocycles. The van der Waals surface area contributed by atoms with Crippen LogP contribution in [0.2, 0.25) is 0 Å². The second kappa shape index (κ2) is 7.99. The smallest absolute Gasteiger partial charge is 0.0543 e. The third kappa shape index (κ3) is 3.66. The second-order valence-electron chi connectivity index (χ2n) is 12.7. The highest BCUT2D eigenvalue weighted by Crippen LogP contribution is 2.66. The summed E-state index contributed by atoms with van der Waals surface area (Å²) in [5, 5.41) is 10.3. The number of aliphatic hydroxyl groups excluding tert-OH is 1. The quantitative estimate of drug-likeness (QED) is 0.470. The van der Waals surface area contributed by atoms with E-state index in [-0.39, 0.29) is 6.10 Å². The Balaban J connectivity index is 1.47. The predicted octanol–water partition coefficient (Wildman–Crippen LogP) is 7.63. The Morgan fingerprint density at radius 1 is 1.00 bits per heavy atom. The number of fused-ring (bicyclic) bond motifs is 5. The van der Waals surface area contributed by atoms with Crippen molar-refractivity contribution in [2.45, 2.75) is 112 Å². The van der Waals surface area contributed by atoms with E-state index in [4.69, 9.17) is 0 Å². The van der Waals surface area contributed by atoms with Gasteiger partial charge < -0.3 is 5.11 Å². The van der Waals surface area contributed by atoms with Gasteiger partial charge in [-0.25, -0.2) is 0 Å². The van der Waals surface area contributed by atoms with E-state index in [0.717, 1.165) is 54.3 Å². The normalized spacial score (nSPS) is 46.5. The molecule has 1 heteroatoms. The first-order valence-electron chi connectivity index (χ1n) is 13.1. The summed E-state index contributed by atoms with van der Waals surface area (Å²) in [4.78, 5) is 0. The van der Waals surface area contributed by atoms with Gasteiger partial charge in [0.05, 0.1) is 6.10 Å². The molecular weight excluding hydrogens is 352 g/mol. The zero-order valence-corrected chi connectivity index (χ0v) is 20.2. The number of aliphatic hydroxyl groups is 1. The number of hydrogen-bond donors (Lipinski definition) is 1. The highest BCUT2D eigenvalue weighted by atomic mass is 16.3. The maximum absolute atomic E-state index is 10.3. The van der Waals surface area contributed by atoms with Crippen LogP contribution in [0.25, 0.3) is 0 Å². The van der Waals surface area contributed by atoms with Gasteiger partial charge >= 0.3 is 0 Å². The fraction of sp³-hybridized carbons (Fsp3) is 0.929. The van der Waals surface area contributed by atoms with E-state index in [0.29, 0.717) is 10.8 Å². The largest absolute Gasteiger partial charge is 0.393 e. The van der Waals surface area contributed by atoms with Gasteiger partial charge in [0.25, 0.3) is 0 Å². The topological polar surface area (TPSA) is 20.2 Å². The molecule has 4 rings (SSSR count). The SMILES string of the molecule is CC(C)[C@@H](C)CC[C@@H](C)[C@H]1CC=C2C3CCC4C[C@@H](O)CCC4(C)C3CCC21C. The van der Waals surface area contributed by atoms with Crippen LogP contribution in [0.15, 0.2) is 11.6 Å². The Morgan fingerprint density at radius 2 is 1.76 bits per heavy atom. The third-order valence-corrected chi connectivity index (χ3v) is 11.0. The van der Waals surface area contributed by atoms with Crippen molar-refractivity contribution in [3.8, 4) is 0 Å². The van der Waals surface area contributed by atoms with Gasteiger partial charge in [-0.05, 0) is 104 Å². The van der Waals surface area contributed by atoms with Crippen LogP contribution in [0.4, 0.5) is 0 Å². The summed E-state index contributed by atoms with van der Waals surface area (Å²) in [5.41, 5.74) is 2.84. The molecule has 1 nitrogen and oxygen atoms in total. The molecule has 29 heavy (non-hydrogen) atoms. The summed E-state index contributed by atoms with van der Waals surface area (Å²) in [6.45, 7) is 15.0. The van der Waals surface area contributed by atoms with Crippen molar-refractivity contribution in [3.63, 3.8) is 0 Å². The Kier molecular flexibility index (Phi) is 6.04. The van der Waals surface area contributed by atoms with Crippen molar-refractivity contribution in [1.82, 2.24) is 0 Å². The van der Waals surface area contributed by atoms with E-state index in [1.54, 1.807) is 0 Å². The Hall–Kier alpha value is -0.300. The van der Waals surface area contributed by atoms with Gasteiger partial charge in [0.2, 0.25) is 0 Å². The molecule has 1 N–H and O–H groups in total. The first-order chi connectivity index (χ1) is 13.7. The van der Waals surface area contributed by atoms with E-state index < -0.39 is 0 Å². The van der Waals surface area contributed by atoms with Crippen LogP contribution < -0.4 is 0 Å². The standard InChI is InChI=1S/C28H48O/c1-18(2)19(3)7-8-20(4)24-11-12-25-23-10-9-21-17-22(29)13-15-27(21,5)26(23)14-16-28(24,25)6/h12,18-24,26,29H,7-11,13-17H2,1-6H3/t19-,20+,21?,22-,23?,24+,26?,27?,28?/m0/s1. The lowest BCUT2D eigenvalue weighted by Gasteiger charge is -2.60. The molecule has 0 aromatic heterocycles. The highest BCUT2D eigenvalue weighted by molar-refractivity contribution is 5.30. The zero-order chi connectivity index (χ0) is 21.0. The van der Waals surface area contributed by atoms with Crippen LogP contribution in [0.1, 0.15) is 106 Å². The van der Waals surface area contributed by atoms with Crippen LogP contribution in [0, 0.1) is 52.3 Å². The number of allylic oxidation sites excluding steroid dienone is 2. The molecule has 0 radical (unpaired) electrons. The first kappa shape index (κ1) is 21.9. The van der Waals surface area contributed by atoms with E-state index in [1.165, 1.54) is 51.4 Å². The Labute approximate surface area is 181 Å². The van der Waals surface area contributed by atoms with E-state index in [9.17, 15) is 5.11 Å². The summed E-state index contributed by atoms with van der Waals surface area (Å²) < 4.78 is 0. The van der Waals surface area contributed by atoms with Crippen LogP contribution in [-0.4, -0.2) is 11.2 Å². The van der Waals surface area contributed by atoms with E-state index in [2.05, 4.69) is 47.6 Å². The van der Waals surface area contributed by atoms with Crippen molar-refractivity contribution in [1.29, 1.82) is 0 Å². The average Bonchev–Trinajstić information content (AvgIpc) is 3.03. The molecule has 4 aliphatic carbocycles. The second-order valence-corrected chi connectivity index (χ2v) is 12.7. The minimum Gasteiger partial charge on any atom is -0.393 e. The van der Waals surface area contributed by atoms with Gasteiger partial charge in [-0.1, -0.05) is 66.0 Å². The van der Waals surface area contributed by atoms with Gasteiger partial charge in [0.15, 0.2) is 0 Å². The maximum atomic E-state index is 10.3. The summed E-state index contributed by atoms with van der Waals surface area (Å²) in [6.07, 6.45) is 15.8. The van der Waals surface area contributed by atoms with Crippen molar-refractivity contribution >= 4 is 0 Å². The average molecular weight is 401 g/mol. The van der Waals surface area contributed by atoms with Crippen LogP contribution in [0.5, 0.6) is 0 Å². The van der Waals surface area contributed by atoms with Crippen molar-refractivity contribution in [3.05, 3.63) is 11.6 Å². The number of hydrogen-bond acceptors (Lipinski definition) is 1. The molecule has 4 aliphatic rings. The van der Waals surface area contributed by atoms with Gasteiger partial charge in [-0.3, -0.25) is 0 Å². The summed E-state index contributed by atoms with van der Waals surface area (Å²) in [5.74, 6) is 5.88. The summed E-state index contributed by atoms with van der Waals surface area (Å²) >= 11 is 0. The van der Waals surface area contributed by atoms with Gasteiger partial charge in [0, 0.05) is 0 Å². The van der Waals surface area contributed by atoms with Crippen LogP contribution in [-0.2, 0) is 0 Å². The maximum Gasteiger partial charge on any atom is 0.0543 e. The van der Waals surface area contributed by atoms with Crippen molar-refractivity contribution in [2.75, 3.05) is 0 Å². The number of rotatable bonds is 5. The third-order valence-electron chi connectivity index (χ3n) is 11.0. The Morgan fingerprint density at radius 3 is 2.48 bits per heavy atom. The fourth-order valence-corrected chi connectivity index (χ4v) is 8.52. The molecule has 3 fully saturated rings. The van der Waals surface area contributed by atoms with E-state index in [1.807, 2.05) is 5.57 Å². The van der Waals surface area contributed by atoms with Crippen molar-refractivity contribution < 1.29 is 5.11 Å². The highest BCUT2D eigenvalue weighted by Gasteiger charge is 2.57. The molecule has 0 amide bonds. The van der Waals surface area contributed by atoms with Crippen LogP contribution >= 0.6 is 0 Å². The van der Waals surface area contributed by atoms with Gasteiger partial charge in [0.1, 0.15) is 0 Å². The van der Waals surface area contributed by atoms with E-state index >= 15 is 0 Å². The lowest BCUT2D eigenvalue weighted by Crippen LogP contribution is -2.52. The first-order valence-corrected chi connectivity index (χ1v) is 13.1. The molecule has 0 bridgehead atoms. The zero-order valence-electron chi connectivity index (χ0n) is 20.2. The lowest BCUT2D eigenvalue weighted by atomic mass is 9.45. The molecule has 0 aliphatic heterocycles. The monoisotopic (exact) mass is 400 g/mol. The van der Waals surface area contributed by atoms with Crippen LogP contribution in [0.3, 0.4) is 0 Å². The minimum atomic E-state index is -0.0253.